The molecule has 0 radical (unpaired) electrons. The van der Waals surface area contributed by atoms with Crippen LogP contribution >= 0.6 is 0 Å². The summed E-state index contributed by atoms with van der Waals surface area (Å²) in [5.74, 6) is 0. The monoisotopic (exact) mass is 726 g/mol. The molecular weight excluding hydrogens is 705 g/mol. The van der Waals surface area contributed by atoms with Gasteiger partial charge in [0.25, 0.3) is 0 Å². The second-order valence-corrected chi connectivity index (χ2v) is 8.32. The fraction of sp³-hybridized carbons (Fsp3) is 0.625. The van der Waals surface area contributed by atoms with Gasteiger partial charge in [-0.1, -0.05) is 0 Å². The van der Waals surface area contributed by atoms with Crippen molar-refractivity contribution in [1.82, 2.24) is 0 Å². The van der Waals surface area contributed by atoms with Crippen LogP contribution in [-0.2, 0) is 20.4 Å². The Morgan fingerprint density at radius 3 is 1.04 bits per heavy atom. The van der Waals surface area contributed by atoms with Crippen molar-refractivity contribution >= 4 is 0 Å². The smallest absolute Gasteiger partial charge is 1.00 e. The second kappa shape index (κ2) is 8.74. The maximum Gasteiger partial charge on any atom is -1.00 e. The Labute approximate surface area is 217 Å². The minimum Gasteiger partial charge on any atom is -1.00 e. The minimum absolute atomic E-state index is 0. The minimum atomic E-state index is -0.555. The Morgan fingerprint density at radius 2 is 0.885 bits per heavy atom. The van der Waals surface area contributed by atoms with E-state index >= 15 is 0 Å². The molecule has 0 fully saturated rings. The van der Waals surface area contributed by atoms with Crippen LogP contribution < -0.4 is 71.9 Å². The molecule has 0 spiro atoms. The summed E-state index contributed by atoms with van der Waals surface area (Å²) in [4.78, 5) is 0. The van der Waals surface area contributed by atoms with E-state index < -0.39 is 20.3 Å². The van der Waals surface area contributed by atoms with E-state index in [2.05, 4.69) is 90.1 Å². The summed E-state index contributed by atoms with van der Waals surface area (Å²) in [6.07, 6.45) is 6.33. The Bertz CT molecular complexity index is 661. The Kier molecular flexibility index (Phi) is 9.05. The molecule has 0 aromatic carbocycles. The number of hydrogen-bond donors (Lipinski definition) is 0. The third kappa shape index (κ3) is 3.84. The molecular formula is C16H21I3N6Ti. The van der Waals surface area contributed by atoms with E-state index in [4.69, 9.17) is 0 Å². The van der Waals surface area contributed by atoms with Crippen LogP contribution in [0.25, 0.3) is 0 Å². The molecule has 10 heteroatoms. The van der Waals surface area contributed by atoms with Crippen molar-refractivity contribution in [2.45, 2.75) is 61.9 Å². The first-order valence-electron chi connectivity index (χ1n) is 7.67. The molecule has 3 aliphatic rings. The molecule has 3 heterocycles. The molecule has 0 bridgehead atoms. The first-order chi connectivity index (χ1) is 10.6. The van der Waals surface area contributed by atoms with Gasteiger partial charge in [0.1, 0.15) is 0 Å². The molecule has 0 saturated heterocycles. The normalized spacial score (nSPS) is 36.4. The van der Waals surface area contributed by atoms with Gasteiger partial charge in [-0.2, -0.15) is 0 Å². The molecule has 3 rings (SSSR count). The third-order valence-corrected chi connectivity index (χ3v) is 7.36. The Hall–Kier alpha value is 0.924. The SMILES string of the molecule is CC1=CC(C)([C]([Ti+3])(C2(C)C=C(C)N=N2)C2(C)C=C(C)N=N2)N=N1.[I-].[I-].[I-]. The molecule has 0 aromatic heterocycles. The fourth-order valence-corrected chi connectivity index (χ4v) is 4.60. The van der Waals surface area contributed by atoms with Crippen molar-refractivity contribution < 1.29 is 92.4 Å². The van der Waals surface area contributed by atoms with Gasteiger partial charge in [-0.05, 0) is 0 Å². The Balaban J connectivity index is 0.00000208. The van der Waals surface area contributed by atoms with Crippen molar-refractivity contribution in [3.05, 3.63) is 35.3 Å². The van der Waals surface area contributed by atoms with Crippen molar-refractivity contribution in [3.63, 3.8) is 0 Å². The molecule has 0 amide bonds. The molecule has 0 aliphatic carbocycles. The van der Waals surface area contributed by atoms with Crippen molar-refractivity contribution in [1.29, 1.82) is 0 Å². The van der Waals surface area contributed by atoms with Crippen LogP contribution in [0.3, 0.4) is 0 Å². The predicted octanol–water partition coefficient (Wildman–Crippen LogP) is -3.91. The van der Waals surface area contributed by atoms with E-state index in [1.807, 2.05) is 20.8 Å². The van der Waals surface area contributed by atoms with Gasteiger partial charge in [0.2, 0.25) is 0 Å². The van der Waals surface area contributed by atoms with Crippen molar-refractivity contribution in [2.75, 3.05) is 0 Å². The predicted molar refractivity (Wildman–Crippen MR) is 83.7 cm³/mol. The summed E-state index contributed by atoms with van der Waals surface area (Å²) in [6.45, 7) is 12.2. The molecule has 6 nitrogen and oxygen atoms in total. The molecule has 3 unspecified atom stereocenters. The van der Waals surface area contributed by atoms with Crippen LogP contribution in [0, 0.1) is 0 Å². The van der Waals surface area contributed by atoms with Gasteiger partial charge in [0, 0.05) is 0 Å². The summed E-state index contributed by atoms with van der Waals surface area (Å²) in [6, 6.07) is 0. The van der Waals surface area contributed by atoms with Gasteiger partial charge in [0.15, 0.2) is 0 Å². The number of azo groups is 3. The van der Waals surface area contributed by atoms with Gasteiger partial charge < -0.3 is 71.9 Å². The van der Waals surface area contributed by atoms with Gasteiger partial charge >= 0.3 is 148 Å². The zero-order chi connectivity index (χ0) is 17.1. The zero-order valence-corrected chi connectivity index (χ0v) is 23.6. The number of nitrogens with zero attached hydrogens (tertiary/aromatic N) is 6. The van der Waals surface area contributed by atoms with E-state index in [1.165, 1.54) is 0 Å². The molecule has 3 atom stereocenters. The Morgan fingerprint density at radius 1 is 0.654 bits per heavy atom. The average Bonchev–Trinajstić information content (AvgIpc) is 3.10. The van der Waals surface area contributed by atoms with Crippen LogP contribution in [0.2, 0.25) is 3.72 Å². The third-order valence-electron chi connectivity index (χ3n) is 4.99. The van der Waals surface area contributed by atoms with Crippen LogP contribution in [0.4, 0.5) is 0 Å². The van der Waals surface area contributed by atoms with E-state index in [0.29, 0.717) is 0 Å². The van der Waals surface area contributed by atoms with E-state index in [-0.39, 0.29) is 71.9 Å². The number of allylic oxidation sites excluding steroid dienone is 3. The van der Waals surface area contributed by atoms with E-state index in [0.717, 1.165) is 17.1 Å². The van der Waals surface area contributed by atoms with E-state index in [9.17, 15) is 0 Å². The van der Waals surface area contributed by atoms with E-state index in [1.54, 1.807) is 0 Å². The largest absolute Gasteiger partial charge is 1.00 e. The number of hydrogen-bond acceptors (Lipinski definition) is 6. The molecule has 0 aromatic rings. The van der Waals surface area contributed by atoms with Crippen LogP contribution in [0.5, 0.6) is 0 Å². The van der Waals surface area contributed by atoms with Crippen molar-refractivity contribution in [2.24, 2.45) is 30.7 Å². The first kappa shape index (κ1) is 26.9. The second-order valence-electron chi connectivity index (χ2n) is 7.15. The molecule has 26 heavy (non-hydrogen) atoms. The van der Waals surface area contributed by atoms with Gasteiger partial charge in [-0.25, -0.2) is 0 Å². The fourth-order valence-electron chi connectivity index (χ4n) is 4.03. The summed E-state index contributed by atoms with van der Waals surface area (Å²) in [7, 11) is 0. The van der Waals surface area contributed by atoms with Gasteiger partial charge in [-0.15, -0.1) is 0 Å². The van der Waals surface area contributed by atoms with Crippen LogP contribution in [-0.4, -0.2) is 16.6 Å². The quantitative estimate of drug-likeness (QED) is 0.211. The average molecular weight is 726 g/mol. The number of rotatable bonds is 3. The zero-order valence-electron chi connectivity index (χ0n) is 15.5. The van der Waals surface area contributed by atoms with Crippen LogP contribution in [0.15, 0.2) is 66.0 Å². The molecule has 0 N–H and O–H groups in total. The maximum absolute atomic E-state index is 4.62. The van der Waals surface area contributed by atoms with Gasteiger partial charge in [0.05, 0.1) is 0 Å². The van der Waals surface area contributed by atoms with Crippen molar-refractivity contribution in [3.8, 4) is 0 Å². The summed E-state index contributed by atoms with van der Waals surface area (Å²) < 4.78 is -0.517. The molecule has 140 valence electrons. The summed E-state index contributed by atoms with van der Waals surface area (Å²) >= 11 is 2.17. The number of halogens is 3. The first-order valence-corrected chi connectivity index (χ1v) is 8.45. The molecule has 0 saturated carbocycles. The topological polar surface area (TPSA) is 74.2 Å². The van der Waals surface area contributed by atoms with Crippen LogP contribution in [0.1, 0.15) is 41.5 Å². The summed E-state index contributed by atoms with van der Waals surface area (Å²) in [5, 5.41) is 26.8. The molecule has 3 aliphatic heterocycles. The van der Waals surface area contributed by atoms with Gasteiger partial charge in [-0.3, -0.25) is 0 Å². The maximum atomic E-state index is 4.62. The standard InChI is InChI=1S/C16H21N6.3HI.Ti/c1-10-7-14(4,20-17-10)13(15(5)8-11(2)18-21-15)16(6)9-12(3)19-22-16;;;;/h7-9H,1-6H3;3*1H;/q;;;;+3/p-3. The summed E-state index contributed by atoms with van der Waals surface area (Å²) in [5.41, 5.74) is 1.08.